The molecular weight excluding hydrogens is 546 g/mol. The van der Waals surface area contributed by atoms with Crippen LogP contribution in [0.1, 0.15) is 44.5 Å². The summed E-state index contributed by atoms with van der Waals surface area (Å²) in [6.07, 6.45) is 0.684. The van der Waals surface area contributed by atoms with Crippen molar-refractivity contribution in [3.8, 4) is 39.6 Å². The lowest BCUT2D eigenvalue weighted by molar-refractivity contribution is 0.0528. The van der Waals surface area contributed by atoms with Gasteiger partial charge in [-0.2, -0.15) is 0 Å². The molecule has 1 aliphatic rings. The van der Waals surface area contributed by atoms with Crippen LogP contribution in [0.2, 0.25) is 0 Å². The van der Waals surface area contributed by atoms with Crippen molar-refractivity contribution in [3.05, 3.63) is 88.1 Å². The maximum absolute atomic E-state index is 14.1. The minimum absolute atomic E-state index is 0.0693. The molecule has 0 unspecified atom stereocenters. The summed E-state index contributed by atoms with van der Waals surface area (Å²) in [7, 11) is 3.11. The normalized spacial score (nSPS) is 11.9. The zero-order chi connectivity index (χ0) is 30.1. The van der Waals surface area contributed by atoms with Gasteiger partial charge in [-0.3, -0.25) is 4.79 Å². The first-order chi connectivity index (χ1) is 20.2. The zero-order valence-corrected chi connectivity index (χ0v) is 23.6. The van der Waals surface area contributed by atoms with Gasteiger partial charge in [-0.25, -0.2) is 13.6 Å². The third-order valence-electron chi connectivity index (χ3n) is 7.46. The van der Waals surface area contributed by atoms with Crippen LogP contribution in [0.25, 0.3) is 22.4 Å². The largest absolute Gasteiger partial charge is 0.507 e. The number of aromatic nitrogens is 1. The van der Waals surface area contributed by atoms with Crippen LogP contribution in [-0.4, -0.2) is 42.4 Å². The predicted molar refractivity (Wildman–Crippen MR) is 152 cm³/mol. The van der Waals surface area contributed by atoms with E-state index in [9.17, 15) is 23.5 Å². The quantitative estimate of drug-likeness (QED) is 0.258. The number of esters is 1. The van der Waals surface area contributed by atoms with Crippen molar-refractivity contribution >= 4 is 11.9 Å². The summed E-state index contributed by atoms with van der Waals surface area (Å²) in [5.41, 5.74) is 4.63. The highest BCUT2D eigenvalue weighted by molar-refractivity contribution is 6.06. The Morgan fingerprint density at radius 1 is 1.02 bits per heavy atom. The Balaban J connectivity index is 1.61. The summed E-state index contributed by atoms with van der Waals surface area (Å²) in [5, 5.41) is 13.1. The van der Waals surface area contributed by atoms with Gasteiger partial charge in [0.2, 0.25) is 0 Å². The molecule has 5 rings (SSSR count). The van der Waals surface area contributed by atoms with Gasteiger partial charge in [0, 0.05) is 41.5 Å². The van der Waals surface area contributed by atoms with E-state index in [1.54, 1.807) is 27.2 Å². The number of methoxy groups -OCH3 is 2. The van der Waals surface area contributed by atoms with Crippen LogP contribution in [0.3, 0.4) is 0 Å². The summed E-state index contributed by atoms with van der Waals surface area (Å²) in [4.78, 5) is 26.6. The number of hydrogen-bond donors (Lipinski definition) is 2. The number of benzene rings is 3. The van der Waals surface area contributed by atoms with Gasteiger partial charge in [-0.05, 0) is 61.7 Å². The fourth-order valence-corrected chi connectivity index (χ4v) is 5.44. The Morgan fingerprint density at radius 3 is 2.45 bits per heavy atom. The molecule has 0 fully saturated rings. The molecule has 4 aromatic rings. The lowest BCUT2D eigenvalue weighted by atomic mass is 9.92. The number of carbonyl (C=O) groups excluding carboxylic acids is 2. The molecule has 10 heteroatoms. The molecule has 42 heavy (non-hydrogen) atoms. The minimum Gasteiger partial charge on any atom is -0.507 e. The number of hydrogen-bond acceptors (Lipinski definition) is 6. The highest BCUT2D eigenvalue weighted by Crippen LogP contribution is 2.45. The monoisotopic (exact) mass is 576 g/mol. The third kappa shape index (κ3) is 5.04. The highest BCUT2D eigenvalue weighted by atomic mass is 19.1. The molecule has 1 aromatic heterocycles. The topological polar surface area (TPSA) is 99.0 Å². The van der Waals surface area contributed by atoms with Crippen LogP contribution < -0.4 is 14.8 Å². The Bertz CT molecular complexity index is 1710. The zero-order valence-electron chi connectivity index (χ0n) is 23.6. The summed E-state index contributed by atoms with van der Waals surface area (Å²) in [6.45, 7) is 4.14. The fraction of sp³-hybridized carbons (Fsp3) is 0.250. The van der Waals surface area contributed by atoms with E-state index in [1.165, 1.54) is 18.2 Å². The van der Waals surface area contributed by atoms with Gasteiger partial charge in [-0.1, -0.05) is 12.1 Å². The average molecular weight is 577 g/mol. The van der Waals surface area contributed by atoms with E-state index in [2.05, 4.69) is 5.32 Å². The molecule has 0 saturated carbocycles. The number of rotatable bonds is 8. The van der Waals surface area contributed by atoms with Crippen LogP contribution in [0.5, 0.6) is 17.2 Å². The van der Waals surface area contributed by atoms with E-state index in [0.717, 1.165) is 29.0 Å². The fourth-order valence-electron chi connectivity index (χ4n) is 5.44. The van der Waals surface area contributed by atoms with Crippen LogP contribution >= 0.6 is 0 Å². The van der Waals surface area contributed by atoms with E-state index >= 15 is 0 Å². The molecule has 0 bridgehead atoms. The van der Waals surface area contributed by atoms with Gasteiger partial charge in [-0.15, -0.1) is 0 Å². The van der Waals surface area contributed by atoms with Crippen LogP contribution in [0, 0.1) is 18.6 Å². The van der Waals surface area contributed by atoms with Crippen LogP contribution in [0.15, 0.2) is 48.5 Å². The molecule has 0 radical (unpaired) electrons. The number of aryl methyl sites for hydroxylation is 1. The molecule has 218 valence electrons. The number of amides is 1. The second kappa shape index (κ2) is 11.6. The minimum atomic E-state index is -0.795. The van der Waals surface area contributed by atoms with Gasteiger partial charge < -0.3 is 29.2 Å². The summed E-state index contributed by atoms with van der Waals surface area (Å²) in [6, 6.07) is 11.3. The first kappa shape index (κ1) is 28.7. The number of ether oxygens (including phenoxy) is 3. The van der Waals surface area contributed by atoms with Gasteiger partial charge in [0.25, 0.3) is 5.91 Å². The molecule has 8 nitrogen and oxygen atoms in total. The van der Waals surface area contributed by atoms with Gasteiger partial charge >= 0.3 is 5.97 Å². The maximum Gasteiger partial charge on any atom is 0.340 e. The first-order valence-electron chi connectivity index (χ1n) is 13.4. The van der Waals surface area contributed by atoms with Crippen LogP contribution in [-0.2, 0) is 24.2 Å². The van der Waals surface area contributed by atoms with Crippen molar-refractivity contribution in [2.75, 3.05) is 20.8 Å². The standard InChI is InChI=1S/C32H30F2N2O6/c1-5-42-32(39)29-28(17(2)36-11-10-18-13-26(40-3)27(41-4)15-22(18)30(29)36)19-7-9-25(37)23(12-19)31(38)35-16-20-6-8-21(33)14-24(20)34/h6-9,12-15,37H,5,10-11,16H2,1-4H3,(H,35,38). The van der Waals surface area contributed by atoms with Crippen LogP contribution in [0.4, 0.5) is 8.78 Å². The van der Waals surface area contributed by atoms with Crippen molar-refractivity contribution in [2.45, 2.75) is 33.4 Å². The summed E-state index contributed by atoms with van der Waals surface area (Å²) >= 11 is 0. The lowest BCUT2D eigenvalue weighted by Gasteiger charge is -2.23. The van der Waals surface area contributed by atoms with Gasteiger partial charge in [0.05, 0.1) is 37.6 Å². The number of nitrogens with one attached hydrogen (secondary N) is 1. The highest BCUT2D eigenvalue weighted by Gasteiger charge is 2.32. The number of halogens is 2. The molecule has 2 N–H and O–H groups in total. The number of aromatic hydroxyl groups is 1. The molecule has 0 saturated heterocycles. The molecule has 0 aliphatic carbocycles. The Hall–Kier alpha value is -4.86. The van der Waals surface area contributed by atoms with E-state index in [0.29, 0.717) is 46.8 Å². The molecule has 0 atom stereocenters. The Kier molecular flexibility index (Phi) is 7.89. The van der Waals surface area contributed by atoms with Crippen molar-refractivity contribution in [3.63, 3.8) is 0 Å². The molecule has 2 heterocycles. The number of phenolic OH excluding ortho intramolecular Hbond substituents is 1. The Labute approximate surface area is 241 Å². The van der Waals surface area contributed by atoms with E-state index in [-0.39, 0.29) is 30.0 Å². The van der Waals surface area contributed by atoms with E-state index < -0.39 is 23.5 Å². The summed E-state index contributed by atoms with van der Waals surface area (Å²) < 4.78 is 45.9. The third-order valence-corrected chi connectivity index (χ3v) is 7.46. The van der Waals surface area contributed by atoms with Gasteiger partial charge in [0.15, 0.2) is 11.5 Å². The average Bonchev–Trinajstić information content (AvgIpc) is 3.28. The second-order valence-corrected chi connectivity index (χ2v) is 9.82. The molecule has 1 aliphatic heterocycles. The van der Waals surface area contributed by atoms with Gasteiger partial charge in [0.1, 0.15) is 17.4 Å². The SMILES string of the molecule is CCOC(=O)c1c(-c2ccc(O)c(C(=O)NCc3ccc(F)cc3F)c2)c(C)n2c1-c1cc(OC)c(OC)cc1CC2. The number of carbonyl (C=O) groups is 2. The predicted octanol–water partition coefficient (Wildman–Crippen LogP) is 5.79. The number of phenols is 1. The van der Waals surface area contributed by atoms with Crippen molar-refractivity contribution < 1.29 is 37.7 Å². The first-order valence-corrected chi connectivity index (χ1v) is 13.4. The van der Waals surface area contributed by atoms with E-state index in [4.69, 9.17) is 14.2 Å². The van der Waals surface area contributed by atoms with Crippen molar-refractivity contribution in [1.29, 1.82) is 0 Å². The lowest BCUT2D eigenvalue weighted by Crippen LogP contribution is -2.23. The number of nitrogens with zero attached hydrogens (tertiary/aromatic N) is 1. The Morgan fingerprint density at radius 2 is 1.76 bits per heavy atom. The van der Waals surface area contributed by atoms with E-state index in [1.807, 2.05) is 23.6 Å². The molecule has 1 amide bonds. The second-order valence-electron chi connectivity index (χ2n) is 9.82. The smallest absolute Gasteiger partial charge is 0.340 e. The molecule has 0 spiro atoms. The van der Waals surface area contributed by atoms with Crippen molar-refractivity contribution in [2.24, 2.45) is 0 Å². The van der Waals surface area contributed by atoms with Crippen molar-refractivity contribution in [1.82, 2.24) is 9.88 Å². The maximum atomic E-state index is 14.1. The summed E-state index contributed by atoms with van der Waals surface area (Å²) in [5.74, 6) is -1.91. The molecule has 3 aromatic carbocycles. The molecular formula is C32H30F2N2O6. The number of fused-ring (bicyclic) bond motifs is 3.